The van der Waals surface area contributed by atoms with Gasteiger partial charge in [-0.25, -0.2) is 8.42 Å². The van der Waals surface area contributed by atoms with Crippen LogP contribution in [0, 0.1) is 0 Å². The first-order chi connectivity index (χ1) is 11.7. The summed E-state index contributed by atoms with van der Waals surface area (Å²) in [6.45, 7) is 0. The van der Waals surface area contributed by atoms with E-state index in [2.05, 4.69) is 21.1 Å². The maximum absolute atomic E-state index is 13.2. The maximum Gasteiger partial charge on any atom is 0.502 e. The summed E-state index contributed by atoms with van der Waals surface area (Å²) in [7, 11) is -5.67. The Morgan fingerprint density at radius 1 is 0.920 bits per heavy atom. The van der Waals surface area contributed by atoms with Crippen molar-refractivity contribution in [3.63, 3.8) is 0 Å². The fraction of sp³-hybridized carbons (Fsp3) is 0.0625. The second-order valence-electron chi connectivity index (χ2n) is 5.01. The molecule has 0 saturated heterocycles. The minimum absolute atomic E-state index is 0.182. The van der Waals surface area contributed by atoms with Gasteiger partial charge in [0.2, 0.25) is 0 Å². The van der Waals surface area contributed by atoms with Crippen molar-refractivity contribution in [2.45, 2.75) is 10.4 Å². The first-order valence-electron chi connectivity index (χ1n) is 6.84. The minimum atomic E-state index is -5.67. The SMILES string of the molecule is O=S(=O)(c1c(-c2ccc(Br)cc2)noc1-c1ccccc1)C(F)(F)F. The molecule has 0 atom stereocenters. The zero-order valence-electron chi connectivity index (χ0n) is 12.3. The highest BCUT2D eigenvalue weighted by atomic mass is 79.9. The van der Waals surface area contributed by atoms with Crippen LogP contribution in [0.5, 0.6) is 0 Å². The molecule has 1 aromatic heterocycles. The Bertz CT molecular complexity index is 997. The second kappa shape index (κ2) is 6.30. The van der Waals surface area contributed by atoms with Gasteiger partial charge in [-0.15, -0.1) is 0 Å². The van der Waals surface area contributed by atoms with E-state index >= 15 is 0 Å². The smallest absolute Gasteiger partial charge is 0.354 e. The molecule has 3 aromatic rings. The normalized spacial score (nSPS) is 12.3. The summed E-state index contributed by atoms with van der Waals surface area (Å²) in [5.41, 5.74) is -5.49. The van der Waals surface area contributed by atoms with Gasteiger partial charge in [-0.3, -0.25) is 0 Å². The molecule has 130 valence electrons. The molecule has 3 rings (SSSR count). The van der Waals surface area contributed by atoms with E-state index in [1.54, 1.807) is 30.3 Å². The van der Waals surface area contributed by atoms with Crippen LogP contribution in [0.15, 0.2) is 68.5 Å². The van der Waals surface area contributed by atoms with Crippen molar-refractivity contribution in [2.24, 2.45) is 0 Å². The molecule has 0 amide bonds. The van der Waals surface area contributed by atoms with Crippen molar-refractivity contribution in [1.29, 1.82) is 0 Å². The van der Waals surface area contributed by atoms with Gasteiger partial charge >= 0.3 is 5.51 Å². The molecule has 25 heavy (non-hydrogen) atoms. The van der Waals surface area contributed by atoms with Gasteiger partial charge in [0.25, 0.3) is 9.84 Å². The van der Waals surface area contributed by atoms with E-state index in [0.717, 1.165) is 0 Å². The van der Waals surface area contributed by atoms with Crippen LogP contribution in [-0.4, -0.2) is 19.1 Å². The highest BCUT2D eigenvalue weighted by Crippen LogP contribution is 2.42. The predicted molar refractivity (Wildman–Crippen MR) is 88.3 cm³/mol. The molecule has 0 aliphatic carbocycles. The molecule has 0 aliphatic rings. The van der Waals surface area contributed by atoms with E-state index in [0.29, 0.717) is 4.47 Å². The number of hydrogen-bond acceptors (Lipinski definition) is 4. The summed E-state index contributed by atoms with van der Waals surface area (Å²) >= 11 is 3.21. The molecule has 0 aliphatic heterocycles. The average Bonchev–Trinajstić information content (AvgIpc) is 3.01. The fourth-order valence-corrected chi connectivity index (χ4v) is 3.52. The zero-order chi connectivity index (χ0) is 18.2. The lowest BCUT2D eigenvalue weighted by atomic mass is 10.1. The number of nitrogens with zero attached hydrogens (tertiary/aromatic N) is 1. The molecular formula is C16H9BrF3NO3S. The van der Waals surface area contributed by atoms with E-state index in [-0.39, 0.29) is 16.8 Å². The number of halogens is 4. The summed E-state index contributed by atoms with van der Waals surface area (Å²) < 4.78 is 69.5. The third-order valence-electron chi connectivity index (χ3n) is 3.38. The van der Waals surface area contributed by atoms with E-state index in [1.165, 1.54) is 24.3 Å². The van der Waals surface area contributed by atoms with Crippen molar-refractivity contribution >= 4 is 25.8 Å². The highest BCUT2D eigenvalue weighted by Gasteiger charge is 2.51. The Morgan fingerprint density at radius 2 is 1.52 bits per heavy atom. The summed E-state index contributed by atoms with van der Waals surface area (Å²) in [5.74, 6) is -0.448. The van der Waals surface area contributed by atoms with Gasteiger partial charge < -0.3 is 4.52 Å². The maximum atomic E-state index is 13.2. The van der Waals surface area contributed by atoms with Crippen LogP contribution in [0.4, 0.5) is 13.2 Å². The lowest BCUT2D eigenvalue weighted by molar-refractivity contribution is -0.0435. The van der Waals surface area contributed by atoms with Crippen LogP contribution in [-0.2, 0) is 9.84 Å². The molecule has 4 nitrogen and oxygen atoms in total. The van der Waals surface area contributed by atoms with Crippen LogP contribution >= 0.6 is 15.9 Å². The van der Waals surface area contributed by atoms with Gasteiger partial charge in [0.1, 0.15) is 5.69 Å². The summed E-state index contributed by atoms with van der Waals surface area (Å²) in [4.78, 5) is -0.992. The Balaban J connectivity index is 2.31. The molecule has 9 heteroatoms. The summed E-state index contributed by atoms with van der Waals surface area (Å²) in [6.07, 6.45) is 0. The third-order valence-corrected chi connectivity index (χ3v) is 5.43. The topological polar surface area (TPSA) is 60.2 Å². The third kappa shape index (κ3) is 3.21. The van der Waals surface area contributed by atoms with Crippen molar-refractivity contribution < 1.29 is 26.1 Å². The molecule has 0 N–H and O–H groups in total. The molecule has 0 saturated carbocycles. The Labute approximate surface area is 149 Å². The van der Waals surface area contributed by atoms with Crippen LogP contribution in [0.25, 0.3) is 22.6 Å². The van der Waals surface area contributed by atoms with Crippen molar-refractivity contribution in [3.8, 4) is 22.6 Å². The number of rotatable bonds is 3. The molecule has 0 spiro atoms. The summed E-state index contributed by atoms with van der Waals surface area (Å²) in [5, 5.41) is 3.60. The molecule has 1 heterocycles. The van der Waals surface area contributed by atoms with E-state index in [9.17, 15) is 21.6 Å². The highest BCUT2D eigenvalue weighted by molar-refractivity contribution is 9.10. The minimum Gasteiger partial charge on any atom is -0.354 e. The van der Waals surface area contributed by atoms with Gasteiger partial charge in [-0.2, -0.15) is 13.2 Å². The van der Waals surface area contributed by atoms with Crippen LogP contribution in [0.2, 0.25) is 0 Å². The first kappa shape index (κ1) is 17.7. The number of aromatic nitrogens is 1. The van der Waals surface area contributed by atoms with E-state index in [1.807, 2.05) is 0 Å². The first-order valence-corrected chi connectivity index (χ1v) is 9.12. The Morgan fingerprint density at radius 3 is 2.08 bits per heavy atom. The standard InChI is InChI=1S/C16H9BrF3NO3S/c17-12-8-6-10(7-9-12)13-15(25(22,23)16(18,19)20)14(24-21-13)11-4-2-1-3-5-11/h1-9H. The quantitative estimate of drug-likeness (QED) is 0.580. The lowest BCUT2D eigenvalue weighted by Crippen LogP contribution is -2.24. The van der Waals surface area contributed by atoms with Gasteiger partial charge in [-0.1, -0.05) is 63.6 Å². The van der Waals surface area contributed by atoms with Crippen LogP contribution in [0.1, 0.15) is 0 Å². The predicted octanol–water partition coefficient (Wildman–Crippen LogP) is 5.06. The molecular weight excluding hydrogens is 423 g/mol. The molecule has 0 radical (unpaired) electrons. The fourth-order valence-electron chi connectivity index (χ4n) is 2.21. The zero-order valence-corrected chi connectivity index (χ0v) is 14.7. The lowest BCUT2D eigenvalue weighted by Gasteiger charge is -2.09. The number of sulfone groups is 1. The van der Waals surface area contributed by atoms with Crippen molar-refractivity contribution in [1.82, 2.24) is 5.16 Å². The Hall–Kier alpha value is -2.13. The van der Waals surface area contributed by atoms with Crippen LogP contribution in [0.3, 0.4) is 0 Å². The number of benzene rings is 2. The van der Waals surface area contributed by atoms with Gasteiger partial charge in [-0.05, 0) is 12.1 Å². The largest absolute Gasteiger partial charge is 0.502 e. The molecule has 2 aromatic carbocycles. The molecule has 0 bridgehead atoms. The van der Waals surface area contributed by atoms with Gasteiger partial charge in [0.15, 0.2) is 10.7 Å². The molecule has 0 unspecified atom stereocenters. The Kier molecular flexibility index (Phi) is 4.46. The average molecular weight is 432 g/mol. The molecule has 0 fully saturated rings. The van der Waals surface area contributed by atoms with Gasteiger partial charge in [0.05, 0.1) is 0 Å². The van der Waals surface area contributed by atoms with E-state index < -0.39 is 26.0 Å². The second-order valence-corrected chi connectivity index (χ2v) is 7.81. The van der Waals surface area contributed by atoms with E-state index in [4.69, 9.17) is 4.52 Å². The van der Waals surface area contributed by atoms with Gasteiger partial charge in [0, 0.05) is 15.6 Å². The monoisotopic (exact) mass is 431 g/mol. The van der Waals surface area contributed by atoms with Crippen LogP contribution < -0.4 is 0 Å². The van der Waals surface area contributed by atoms with Crippen molar-refractivity contribution in [3.05, 3.63) is 59.1 Å². The number of alkyl halides is 3. The number of hydrogen-bond donors (Lipinski definition) is 0. The van der Waals surface area contributed by atoms with Crippen molar-refractivity contribution in [2.75, 3.05) is 0 Å². The summed E-state index contributed by atoms with van der Waals surface area (Å²) in [6, 6.07) is 13.7.